The van der Waals surface area contributed by atoms with E-state index in [4.69, 9.17) is 9.57 Å². The van der Waals surface area contributed by atoms with Crippen LogP contribution in [0.4, 0.5) is 5.69 Å². The van der Waals surface area contributed by atoms with Crippen LogP contribution in [0.25, 0.3) is 0 Å². The van der Waals surface area contributed by atoms with Crippen LogP contribution in [-0.4, -0.2) is 31.1 Å². The lowest BCUT2D eigenvalue weighted by Gasteiger charge is -2.11. The molecule has 1 fully saturated rings. The van der Waals surface area contributed by atoms with Crippen LogP contribution in [0.1, 0.15) is 30.1 Å². The third-order valence-electron chi connectivity index (χ3n) is 2.92. The molecule has 0 unspecified atom stereocenters. The van der Waals surface area contributed by atoms with E-state index in [0.717, 1.165) is 12.8 Å². The number of amides is 2. The van der Waals surface area contributed by atoms with E-state index in [2.05, 4.69) is 10.8 Å². The zero-order valence-corrected chi connectivity index (χ0v) is 11.3. The number of hydroxylamine groups is 1. The van der Waals surface area contributed by atoms with Crippen molar-refractivity contribution in [2.45, 2.75) is 25.9 Å². The van der Waals surface area contributed by atoms with E-state index < -0.39 is 6.10 Å². The van der Waals surface area contributed by atoms with Gasteiger partial charge in [-0.1, -0.05) is 6.07 Å². The van der Waals surface area contributed by atoms with Crippen molar-refractivity contribution in [3.8, 4) is 0 Å². The SMILES string of the molecule is CCONC(=O)c1cccc(NC(=O)[C@H]2CCCO2)c1. The van der Waals surface area contributed by atoms with Crippen LogP contribution in [0.2, 0.25) is 0 Å². The summed E-state index contributed by atoms with van der Waals surface area (Å²) >= 11 is 0. The average molecular weight is 278 g/mol. The minimum atomic E-state index is -0.393. The molecule has 108 valence electrons. The molecule has 1 saturated heterocycles. The van der Waals surface area contributed by atoms with Crippen LogP contribution in [0, 0.1) is 0 Å². The molecule has 1 atom stereocenters. The number of anilines is 1. The third-order valence-corrected chi connectivity index (χ3v) is 2.92. The fourth-order valence-electron chi connectivity index (χ4n) is 1.94. The van der Waals surface area contributed by atoms with E-state index in [9.17, 15) is 9.59 Å². The highest BCUT2D eigenvalue weighted by atomic mass is 16.6. The average Bonchev–Trinajstić information content (AvgIpc) is 2.99. The highest BCUT2D eigenvalue weighted by Gasteiger charge is 2.23. The fourth-order valence-corrected chi connectivity index (χ4v) is 1.94. The van der Waals surface area contributed by atoms with Crippen LogP contribution < -0.4 is 10.8 Å². The normalized spacial score (nSPS) is 17.8. The summed E-state index contributed by atoms with van der Waals surface area (Å²) in [5.41, 5.74) is 3.29. The molecule has 2 N–H and O–H groups in total. The van der Waals surface area contributed by atoms with Crippen molar-refractivity contribution in [3.63, 3.8) is 0 Å². The highest BCUT2D eigenvalue weighted by Crippen LogP contribution is 2.16. The maximum absolute atomic E-state index is 11.9. The molecule has 1 aliphatic heterocycles. The summed E-state index contributed by atoms with van der Waals surface area (Å²) in [7, 11) is 0. The molecule has 0 spiro atoms. The monoisotopic (exact) mass is 278 g/mol. The Bertz CT molecular complexity index is 484. The van der Waals surface area contributed by atoms with Gasteiger partial charge in [-0.2, -0.15) is 0 Å². The van der Waals surface area contributed by atoms with Gasteiger partial charge in [0.25, 0.3) is 11.8 Å². The number of nitrogens with one attached hydrogen (secondary N) is 2. The van der Waals surface area contributed by atoms with Crippen LogP contribution in [0.5, 0.6) is 0 Å². The number of carbonyl (C=O) groups is 2. The highest BCUT2D eigenvalue weighted by molar-refractivity contribution is 5.97. The van der Waals surface area contributed by atoms with Gasteiger partial charge in [0.1, 0.15) is 6.10 Å². The lowest BCUT2D eigenvalue weighted by Crippen LogP contribution is -2.27. The van der Waals surface area contributed by atoms with E-state index in [1.807, 2.05) is 0 Å². The van der Waals surface area contributed by atoms with Crippen molar-refractivity contribution in [2.24, 2.45) is 0 Å². The summed E-state index contributed by atoms with van der Waals surface area (Å²) in [4.78, 5) is 28.5. The maximum atomic E-state index is 11.9. The zero-order valence-electron chi connectivity index (χ0n) is 11.3. The Morgan fingerprint density at radius 1 is 1.45 bits per heavy atom. The molecule has 1 heterocycles. The van der Waals surface area contributed by atoms with Crippen molar-refractivity contribution in [3.05, 3.63) is 29.8 Å². The minimum Gasteiger partial charge on any atom is -0.368 e. The van der Waals surface area contributed by atoms with Crippen LogP contribution in [0.3, 0.4) is 0 Å². The Morgan fingerprint density at radius 3 is 3.00 bits per heavy atom. The molecule has 2 rings (SSSR count). The first-order valence-corrected chi connectivity index (χ1v) is 6.65. The molecular weight excluding hydrogens is 260 g/mol. The van der Waals surface area contributed by atoms with Crippen LogP contribution >= 0.6 is 0 Å². The molecule has 6 nitrogen and oxygen atoms in total. The van der Waals surface area contributed by atoms with E-state index in [1.54, 1.807) is 31.2 Å². The zero-order chi connectivity index (χ0) is 14.4. The summed E-state index contributed by atoms with van der Waals surface area (Å²) in [5, 5.41) is 2.75. The lowest BCUT2D eigenvalue weighted by molar-refractivity contribution is -0.124. The number of hydrogen-bond donors (Lipinski definition) is 2. The van der Waals surface area contributed by atoms with Gasteiger partial charge in [0.2, 0.25) is 0 Å². The predicted molar refractivity (Wildman–Crippen MR) is 73.1 cm³/mol. The van der Waals surface area contributed by atoms with Gasteiger partial charge in [-0.15, -0.1) is 0 Å². The molecule has 2 amide bonds. The van der Waals surface area contributed by atoms with E-state index >= 15 is 0 Å². The fraction of sp³-hybridized carbons (Fsp3) is 0.429. The second kappa shape index (κ2) is 7.02. The van der Waals surface area contributed by atoms with Gasteiger partial charge in [-0.3, -0.25) is 14.4 Å². The summed E-state index contributed by atoms with van der Waals surface area (Å²) in [5.74, 6) is -0.523. The largest absolute Gasteiger partial charge is 0.368 e. The summed E-state index contributed by atoms with van der Waals surface area (Å²) < 4.78 is 5.31. The van der Waals surface area contributed by atoms with E-state index in [1.165, 1.54) is 0 Å². The number of carbonyl (C=O) groups excluding carboxylic acids is 2. The molecular formula is C14H18N2O4. The first-order valence-electron chi connectivity index (χ1n) is 6.65. The smallest absolute Gasteiger partial charge is 0.274 e. The Labute approximate surface area is 117 Å². The Balaban J connectivity index is 1.98. The van der Waals surface area contributed by atoms with Crippen LogP contribution in [-0.2, 0) is 14.4 Å². The molecule has 0 bridgehead atoms. The van der Waals surface area contributed by atoms with Crippen molar-refractivity contribution in [1.82, 2.24) is 5.48 Å². The molecule has 6 heteroatoms. The number of benzene rings is 1. The molecule has 20 heavy (non-hydrogen) atoms. The molecule has 0 aliphatic carbocycles. The van der Waals surface area contributed by atoms with E-state index in [-0.39, 0.29) is 11.8 Å². The number of hydrogen-bond acceptors (Lipinski definition) is 4. The number of rotatable bonds is 5. The predicted octanol–water partition coefficient (Wildman–Crippen LogP) is 1.49. The van der Waals surface area contributed by atoms with Gasteiger partial charge in [-0.25, -0.2) is 5.48 Å². The molecule has 0 saturated carbocycles. The van der Waals surface area contributed by atoms with Crippen molar-refractivity contribution >= 4 is 17.5 Å². The second-order valence-electron chi connectivity index (χ2n) is 4.44. The third kappa shape index (κ3) is 3.79. The van der Waals surface area contributed by atoms with Gasteiger partial charge < -0.3 is 10.1 Å². The lowest BCUT2D eigenvalue weighted by atomic mass is 10.2. The summed E-state index contributed by atoms with van der Waals surface area (Å²) in [6.07, 6.45) is 1.24. The summed E-state index contributed by atoms with van der Waals surface area (Å²) in [6, 6.07) is 6.67. The first-order chi connectivity index (χ1) is 9.70. The van der Waals surface area contributed by atoms with Crippen LogP contribution in [0.15, 0.2) is 24.3 Å². The van der Waals surface area contributed by atoms with Gasteiger partial charge >= 0.3 is 0 Å². The van der Waals surface area contributed by atoms with Crippen molar-refractivity contribution in [2.75, 3.05) is 18.5 Å². The molecule has 1 aromatic rings. The Kier molecular flexibility index (Phi) is 5.09. The minimum absolute atomic E-state index is 0.176. The molecule has 0 radical (unpaired) electrons. The maximum Gasteiger partial charge on any atom is 0.274 e. The Hall–Kier alpha value is -1.92. The molecule has 1 aliphatic rings. The van der Waals surface area contributed by atoms with Gasteiger partial charge in [0.15, 0.2) is 0 Å². The van der Waals surface area contributed by atoms with Gasteiger partial charge in [0, 0.05) is 17.9 Å². The topological polar surface area (TPSA) is 76.7 Å². The molecule has 1 aromatic carbocycles. The Morgan fingerprint density at radius 2 is 2.30 bits per heavy atom. The van der Waals surface area contributed by atoms with Crippen molar-refractivity contribution < 1.29 is 19.2 Å². The van der Waals surface area contributed by atoms with Crippen molar-refractivity contribution in [1.29, 1.82) is 0 Å². The number of ether oxygens (including phenoxy) is 1. The second-order valence-corrected chi connectivity index (χ2v) is 4.44. The van der Waals surface area contributed by atoms with Gasteiger partial charge in [0.05, 0.1) is 6.61 Å². The first kappa shape index (κ1) is 14.5. The van der Waals surface area contributed by atoms with Gasteiger partial charge in [-0.05, 0) is 38.0 Å². The standard InChI is InChI=1S/C14H18N2O4/c1-2-20-16-13(17)10-5-3-6-11(9-10)15-14(18)12-7-4-8-19-12/h3,5-6,9,12H,2,4,7-8H2,1H3,(H,15,18)(H,16,17)/t12-/m1/s1. The summed E-state index contributed by atoms with van der Waals surface area (Å²) in [6.45, 7) is 2.79. The molecule has 0 aromatic heterocycles. The van der Waals surface area contributed by atoms with E-state index in [0.29, 0.717) is 24.5 Å². The quantitative estimate of drug-likeness (QED) is 0.800.